The normalized spacial score (nSPS) is 15.2. The number of Topliss-reactive ketones (excluding diaryl/α,β-unsaturated/α-hetero) is 1. The standard InChI is InChI=1S/C15H24O3Si2/c1-19(2,3)17-13-10-8-11-7-9-12(16)14(11)15(13)18-20(4,5)6/h8,10H,7,9H2,1-6H3. The van der Waals surface area contributed by atoms with E-state index in [1.54, 1.807) is 0 Å². The summed E-state index contributed by atoms with van der Waals surface area (Å²) in [6.45, 7) is 12.8. The Morgan fingerprint density at radius 2 is 1.50 bits per heavy atom. The first-order valence-corrected chi connectivity index (χ1v) is 14.0. The molecule has 0 radical (unpaired) electrons. The molecular formula is C15H24O3Si2. The number of hydrogen-bond donors (Lipinski definition) is 0. The molecule has 0 spiro atoms. The van der Waals surface area contributed by atoms with E-state index in [9.17, 15) is 4.79 Å². The molecular weight excluding hydrogens is 284 g/mol. The van der Waals surface area contributed by atoms with Gasteiger partial charge in [-0.05, 0) is 57.3 Å². The molecule has 0 saturated heterocycles. The van der Waals surface area contributed by atoms with Gasteiger partial charge in [-0.2, -0.15) is 0 Å². The fourth-order valence-electron chi connectivity index (χ4n) is 2.31. The molecule has 2 rings (SSSR count). The molecule has 1 aliphatic rings. The minimum absolute atomic E-state index is 0.189. The summed E-state index contributed by atoms with van der Waals surface area (Å²) in [6, 6.07) is 4.00. The molecule has 110 valence electrons. The van der Waals surface area contributed by atoms with Gasteiger partial charge in [0.05, 0.1) is 5.56 Å². The molecule has 0 fully saturated rings. The second-order valence-corrected chi connectivity index (χ2v) is 16.1. The van der Waals surface area contributed by atoms with Crippen LogP contribution in [0.1, 0.15) is 22.3 Å². The average molecular weight is 309 g/mol. The molecule has 0 heterocycles. The number of carbonyl (C=O) groups is 1. The zero-order chi connectivity index (χ0) is 15.1. The number of ketones is 1. The van der Waals surface area contributed by atoms with E-state index in [-0.39, 0.29) is 5.78 Å². The fourth-order valence-corrected chi connectivity index (χ4v) is 3.94. The highest BCUT2D eigenvalue weighted by atomic mass is 28.4. The van der Waals surface area contributed by atoms with Gasteiger partial charge in [-0.3, -0.25) is 4.79 Å². The van der Waals surface area contributed by atoms with E-state index in [4.69, 9.17) is 8.85 Å². The molecule has 0 atom stereocenters. The summed E-state index contributed by atoms with van der Waals surface area (Å²) in [6.07, 6.45) is 1.41. The zero-order valence-electron chi connectivity index (χ0n) is 13.3. The number of aryl methyl sites for hydroxylation is 1. The summed E-state index contributed by atoms with van der Waals surface area (Å²) in [5, 5.41) is 0. The second-order valence-electron chi connectivity index (χ2n) is 7.28. The van der Waals surface area contributed by atoms with E-state index in [1.165, 1.54) is 0 Å². The average Bonchev–Trinajstić information content (AvgIpc) is 2.60. The highest BCUT2D eigenvalue weighted by molar-refractivity contribution is 6.71. The molecule has 1 aliphatic carbocycles. The van der Waals surface area contributed by atoms with E-state index in [1.807, 2.05) is 12.1 Å². The Bertz CT molecular complexity index is 539. The lowest BCUT2D eigenvalue weighted by atomic mass is 10.1. The molecule has 0 saturated carbocycles. The van der Waals surface area contributed by atoms with Gasteiger partial charge in [0.1, 0.15) is 5.75 Å². The lowest BCUT2D eigenvalue weighted by Crippen LogP contribution is -2.33. The summed E-state index contributed by atoms with van der Waals surface area (Å²) >= 11 is 0. The van der Waals surface area contributed by atoms with Crippen molar-refractivity contribution in [2.45, 2.75) is 52.1 Å². The van der Waals surface area contributed by atoms with Crippen LogP contribution in [-0.2, 0) is 6.42 Å². The van der Waals surface area contributed by atoms with Gasteiger partial charge in [0, 0.05) is 6.42 Å². The van der Waals surface area contributed by atoms with Crippen molar-refractivity contribution in [2.24, 2.45) is 0 Å². The van der Waals surface area contributed by atoms with Crippen LogP contribution >= 0.6 is 0 Å². The van der Waals surface area contributed by atoms with Crippen LogP contribution in [0.5, 0.6) is 11.5 Å². The van der Waals surface area contributed by atoms with Crippen LogP contribution in [0.15, 0.2) is 12.1 Å². The maximum atomic E-state index is 12.2. The van der Waals surface area contributed by atoms with Crippen LogP contribution in [0, 0.1) is 0 Å². The van der Waals surface area contributed by atoms with E-state index in [2.05, 4.69) is 39.3 Å². The van der Waals surface area contributed by atoms with Crippen molar-refractivity contribution in [3.63, 3.8) is 0 Å². The highest BCUT2D eigenvalue weighted by Gasteiger charge is 2.31. The van der Waals surface area contributed by atoms with Crippen molar-refractivity contribution >= 4 is 22.4 Å². The van der Waals surface area contributed by atoms with Crippen molar-refractivity contribution < 1.29 is 13.6 Å². The van der Waals surface area contributed by atoms with Crippen molar-refractivity contribution in [2.75, 3.05) is 0 Å². The Morgan fingerprint density at radius 3 is 2.05 bits per heavy atom. The second kappa shape index (κ2) is 5.04. The van der Waals surface area contributed by atoms with Crippen LogP contribution in [0.3, 0.4) is 0 Å². The van der Waals surface area contributed by atoms with Crippen LogP contribution in [-0.4, -0.2) is 22.4 Å². The number of carbonyl (C=O) groups excluding carboxylic acids is 1. The summed E-state index contributed by atoms with van der Waals surface area (Å²) < 4.78 is 12.3. The molecule has 0 aromatic heterocycles. The lowest BCUT2D eigenvalue weighted by molar-refractivity contribution is 0.0993. The number of benzene rings is 1. The van der Waals surface area contributed by atoms with Crippen LogP contribution in [0.25, 0.3) is 0 Å². The molecule has 0 amide bonds. The number of hydrogen-bond acceptors (Lipinski definition) is 3. The largest absolute Gasteiger partial charge is 0.542 e. The quantitative estimate of drug-likeness (QED) is 0.780. The first-order valence-electron chi connectivity index (χ1n) is 7.14. The first-order chi connectivity index (χ1) is 9.07. The maximum Gasteiger partial charge on any atom is 0.242 e. The maximum absolute atomic E-state index is 12.2. The number of fused-ring (bicyclic) bond motifs is 1. The summed E-state index contributed by atoms with van der Waals surface area (Å²) in [4.78, 5) is 12.2. The van der Waals surface area contributed by atoms with Gasteiger partial charge < -0.3 is 8.85 Å². The van der Waals surface area contributed by atoms with Gasteiger partial charge in [0.15, 0.2) is 11.5 Å². The third kappa shape index (κ3) is 3.52. The van der Waals surface area contributed by atoms with Gasteiger partial charge in [-0.15, -0.1) is 0 Å². The SMILES string of the molecule is C[Si](C)(C)Oc1ccc2c(c1O[Si](C)(C)C)C(=O)CC2. The molecule has 20 heavy (non-hydrogen) atoms. The van der Waals surface area contributed by atoms with Crippen molar-refractivity contribution in [1.29, 1.82) is 0 Å². The predicted octanol–water partition coefficient (Wildman–Crippen LogP) is 4.24. The molecule has 3 nitrogen and oxygen atoms in total. The minimum atomic E-state index is -1.79. The van der Waals surface area contributed by atoms with Crippen LogP contribution < -0.4 is 8.85 Å². The fraction of sp³-hybridized carbons (Fsp3) is 0.533. The molecule has 0 aliphatic heterocycles. The van der Waals surface area contributed by atoms with Crippen molar-refractivity contribution in [3.05, 3.63) is 23.3 Å². The Kier molecular flexibility index (Phi) is 3.86. The van der Waals surface area contributed by atoms with Gasteiger partial charge in [-0.1, -0.05) is 6.07 Å². The summed E-state index contributed by atoms with van der Waals surface area (Å²) in [7, 11) is -3.53. The van der Waals surface area contributed by atoms with E-state index in [0.29, 0.717) is 12.2 Å². The Labute approximate surface area is 123 Å². The Balaban J connectivity index is 2.52. The van der Waals surface area contributed by atoms with E-state index < -0.39 is 16.6 Å². The molecule has 1 aromatic rings. The smallest absolute Gasteiger partial charge is 0.242 e. The molecule has 0 unspecified atom stereocenters. The Morgan fingerprint density at radius 1 is 0.900 bits per heavy atom. The summed E-state index contributed by atoms with van der Waals surface area (Å²) in [5.41, 5.74) is 1.87. The van der Waals surface area contributed by atoms with Gasteiger partial charge in [-0.25, -0.2) is 0 Å². The van der Waals surface area contributed by atoms with Gasteiger partial charge >= 0.3 is 0 Å². The highest BCUT2D eigenvalue weighted by Crippen LogP contribution is 2.40. The van der Waals surface area contributed by atoms with Crippen LogP contribution in [0.4, 0.5) is 0 Å². The van der Waals surface area contributed by atoms with E-state index in [0.717, 1.165) is 23.3 Å². The number of rotatable bonds is 4. The molecule has 0 bridgehead atoms. The van der Waals surface area contributed by atoms with Gasteiger partial charge in [0.2, 0.25) is 16.6 Å². The minimum Gasteiger partial charge on any atom is -0.542 e. The molecule has 1 aromatic carbocycles. The van der Waals surface area contributed by atoms with E-state index >= 15 is 0 Å². The summed E-state index contributed by atoms with van der Waals surface area (Å²) in [5.74, 6) is 1.64. The third-order valence-electron chi connectivity index (χ3n) is 2.93. The monoisotopic (exact) mass is 308 g/mol. The van der Waals surface area contributed by atoms with Crippen molar-refractivity contribution in [1.82, 2.24) is 0 Å². The van der Waals surface area contributed by atoms with Gasteiger partial charge in [0.25, 0.3) is 0 Å². The topological polar surface area (TPSA) is 35.5 Å². The molecule has 0 N–H and O–H groups in total. The Hall–Kier alpha value is -1.08. The first kappa shape index (κ1) is 15.3. The van der Waals surface area contributed by atoms with Crippen molar-refractivity contribution in [3.8, 4) is 11.5 Å². The zero-order valence-corrected chi connectivity index (χ0v) is 15.3. The molecule has 5 heteroatoms. The van der Waals surface area contributed by atoms with Crippen LogP contribution in [0.2, 0.25) is 39.3 Å². The predicted molar refractivity (Wildman–Crippen MR) is 87.0 cm³/mol. The lowest BCUT2D eigenvalue weighted by Gasteiger charge is -2.27. The third-order valence-corrected chi connectivity index (χ3v) is 4.58.